The number of hydrogen-bond donors (Lipinski definition) is 3. The molecule has 1 unspecified atom stereocenters. The molecule has 0 saturated heterocycles. The van der Waals surface area contributed by atoms with E-state index < -0.39 is 0 Å². The Morgan fingerprint density at radius 3 is 3.00 bits per heavy atom. The molecule has 5 heteroatoms. The maximum Gasteiger partial charge on any atom is 0.251 e. The first kappa shape index (κ1) is 12.6. The van der Waals surface area contributed by atoms with E-state index in [1.54, 1.807) is 18.2 Å². The number of rotatable bonds is 4. The summed E-state index contributed by atoms with van der Waals surface area (Å²) in [6, 6.07) is 4.89. The van der Waals surface area contributed by atoms with E-state index in [1.807, 2.05) is 6.92 Å². The monoisotopic (exact) mass is 248 g/mol. The van der Waals surface area contributed by atoms with Crippen LogP contribution in [0.3, 0.4) is 0 Å². The molecular weight excluding hydrogens is 232 g/mol. The Bertz CT molecular complexity index is 481. The number of carbonyl (C=O) groups is 2. The average molecular weight is 248 g/mol. The Kier molecular flexibility index (Phi) is 3.62. The van der Waals surface area contributed by atoms with Crippen molar-refractivity contribution in [2.75, 3.05) is 11.9 Å². The largest absolute Gasteiger partial charge is 0.394 e. The standard InChI is InChI=1S/C13H16N2O3/c1-2-10(7-16)14-13(18)8-3-4-11-9(5-8)6-12(17)15-11/h3-5,10,16H,2,6-7H2,1H3,(H,14,18)(H,15,17). The summed E-state index contributed by atoms with van der Waals surface area (Å²) < 4.78 is 0. The fraction of sp³-hybridized carbons (Fsp3) is 0.385. The topological polar surface area (TPSA) is 78.4 Å². The Hall–Kier alpha value is -1.88. The minimum absolute atomic E-state index is 0.0515. The lowest BCUT2D eigenvalue weighted by atomic mass is 10.1. The van der Waals surface area contributed by atoms with Gasteiger partial charge in [0.05, 0.1) is 19.1 Å². The number of carbonyl (C=O) groups excluding carboxylic acids is 2. The lowest BCUT2D eigenvalue weighted by Crippen LogP contribution is -2.36. The van der Waals surface area contributed by atoms with Crippen LogP contribution in [0, 0.1) is 0 Å². The number of fused-ring (bicyclic) bond motifs is 1. The molecule has 1 atom stereocenters. The normalized spacial score (nSPS) is 14.9. The minimum Gasteiger partial charge on any atom is -0.394 e. The van der Waals surface area contributed by atoms with Crippen LogP contribution < -0.4 is 10.6 Å². The number of aliphatic hydroxyl groups is 1. The van der Waals surface area contributed by atoms with E-state index in [2.05, 4.69) is 10.6 Å². The van der Waals surface area contributed by atoms with E-state index >= 15 is 0 Å². The SMILES string of the molecule is CCC(CO)NC(=O)c1ccc2c(c1)CC(=O)N2. The van der Waals surface area contributed by atoms with Crippen molar-refractivity contribution in [1.29, 1.82) is 0 Å². The van der Waals surface area contributed by atoms with Gasteiger partial charge in [0.2, 0.25) is 5.91 Å². The van der Waals surface area contributed by atoms with Crippen molar-refractivity contribution in [3.8, 4) is 0 Å². The van der Waals surface area contributed by atoms with Crippen LogP contribution in [0.25, 0.3) is 0 Å². The van der Waals surface area contributed by atoms with E-state index in [9.17, 15) is 9.59 Å². The smallest absolute Gasteiger partial charge is 0.251 e. The molecule has 2 rings (SSSR count). The molecule has 96 valence electrons. The molecule has 0 spiro atoms. The first-order chi connectivity index (χ1) is 8.63. The summed E-state index contributed by atoms with van der Waals surface area (Å²) in [7, 11) is 0. The number of hydrogen-bond acceptors (Lipinski definition) is 3. The predicted octanol–water partition coefficient (Wildman–Crippen LogP) is 0.682. The molecule has 1 aromatic rings. The van der Waals surface area contributed by atoms with E-state index in [1.165, 1.54) is 0 Å². The zero-order valence-electron chi connectivity index (χ0n) is 10.2. The van der Waals surface area contributed by atoms with Crippen molar-refractivity contribution in [2.45, 2.75) is 25.8 Å². The molecule has 18 heavy (non-hydrogen) atoms. The van der Waals surface area contributed by atoms with Crippen LogP contribution in [0.15, 0.2) is 18.2 Å². The van der Waals surface area contributed by atoms with Gasteiger partial charge in [-0.2, -0.15) is 0 Å². The van der Waals surface area contributed by atoms with Gasteiger partial charge < -0.3 is 15.7 Å². The summed E-state index contributed by atoms with van der Waals surface area (Å²) in [5.41, 5.74) is 2.12. The molecule has 1 aliphatic heterocycles. The first-order valence-corrected chi connectivity index (χ1v) is 5.98. The van der Waals surface area contributed by atoms with Crippen LogP contribution in [-0.4, -0.2) is 29.6 Å². The van der Waals surface area contributed by atoms with Gasteiger partial charge in [-0.1, -0.05) is 6.92 Å². The van der Waals surface area contributed by atoms with Gasteiger partial charge in [0.1, 0.15) is 0 Å². The van der Waals surface area contributed by atoms with Crippen LogP contribution in [0.4, 0.5) is 5.69 Å². The van der Waals surface area contributed by atoms with Gasteiger partial charge in [-0.05, 0) is 30.2 Å². The quantitative estimate of drug-likeness (QED) is 0.733. The van der Waals surface area contributed by atoms with Crippen molar-refractivity contribution in [3.05, 3.63) is 29.3 Å². The van der Waals surface area contributed by atoms with Crippen LogP contribution in [0.2, 0.25) is 0 Å². The Morgan fingerprint density at radius 2 is 2.33 bits per heavy atom. The molecule has 1 aliphatic rings. The zero-order valence-corrected chi connectivity index (χ0v) is 10.2. The van der Waals surface area contributed by atoms with Crippen LogP contribution in [0.5, 0.6) is 0 Å². The molecule has 1 heterocycles. The maximum atomic E-state index is 11.9. The second-order valence-corrected chi connectivity index (χ2v) is 4.36. The fourth-order valence-corrected chi connectivity index (χ4v) is 1.92. The van der Waals surface area contributed by atoms with Gasteiger partial charge in [0, 0.05) is 11.3 Å². The number of aliphatic hydroxyl groups excluding tert-OH is 1. The average Bonchev–Trinajstić information content (AvgIpc) is 2.74. The molecule has 3 N–H and O–H groups in total. The highest BCUT2D eigenvalue weighted by molar-refractivity contribution is 6.01. The predicted molar refractivity (Wildman–Crippen MR) is 67.4 cm³/mol. The van der Waals surface area contributed by atoms with Crippen molar-refractivity contribution in [2.24, 2.45) is 0 Å². The Balaban J connectivity index is 2.13. The van der Waals surface area contributed by atoms with Crippen LogP contribution >= 0.6 is 0 Å². The van der Waals surface area contributed by atoms with E-state index in [0.29, 0.717) is 18.4 Å². The molecule has 0 fully saturated rings. The third kappa shape index (κ3) is 2.51. The lowest BCUT2D eigenvalue weighted by Gasteiger charge is -2.14. The summed E-state index contributed by atoms with van der Waals surface area (Å²) >= 11 is 0. The number of benzene rings is 1. The molecule has 0 aliphatic carbocycles. The van der Waals surface area contributed by atoms with Crippen LogP contribution in [0.1, 0.15) is 29.3 Å². The van der Waals surface area contributed by atoms with Crippen molar-refractivity contribution in [3.63, 3.8) is 0 Å². The van der Waals surface area contributed by atoms with Crippen molar-refractivity contribution >= 4 is 17.5 Å². The van der Waals surface area contributed by atoms with Crippen LogP contribution in [-0.2, 0) is 11.2 Å². The summed E-state index contributed by atoms with van der Waals surface area (Å²) in [4.78, 5) is 23.1. The number of amides is 2. The van der Waals surface area contributed by atoms with Gasteiger partial charge in [0.15, 0.2) is 0 Å². The second kappa shape index (κ2) is 5.18. The zero-order chi connectivity index (χ0) is 13.1. The van der Waals surface area contributed by atoms with Gasteiger partial charge in [-0.3, -0.25) is 9.59 Å². The van der Waals surface area contributed by atoms with Gasteiger partial charge in [-0.25, -0.2) is 0 Å². The van der Waals surface area contributed by atoms with Gasteiger partial charge in [-0.15, -0.1) is 0 Å². The number of anilines is 1. The third-order valence-electron chi connectivity index (χ3n) is 3.04. The highest BCUT2D eigenvalue weighted by Gasteiger charge is 2.19. The number of nitrogens with one attached hydrogen (secondary N) is 2. The van der Waals surface area contributed by atoms with Crippen molar-refractivity contribution in [1.82, 2.24) is 5.32 Å². The van der Waals surface area contributed by atoms with Crippen molar-refractivity contribution < 1.29 is 14.7 Å². The molecule has 1 aromatic carbocycles. The highest BCUT2D eigenvalue weighted by atomic mass is 16.3. The molecule has 0 bridgehead atoms. The van der Waals surface area contributed by atoms with E-state index in [4.69, 9.17) is 5.11 Å². The van der Waals surface area contributed by atoms with Gasteiger partial charge >= 0.3 is 0 Å². The Morgan fingerprint density at radius 1 is 1.56 bits per heavy atom. The minimum atomic E-state index is -0.231. The van der Waals surface area contributed by atoms with E-state index in [-0.39, 0.29) is 24.5 Å². The summed E-state index contributed by atoms with van der Waals surface area (Å²) in [5.74, 6) is -0.276. The van der Waals surface area contributed by atoms with E-state index in [0.717, 1.165) is 11.3 Å². The summed E-state index contributed by atoms with van der Waals surface area (Å²) in [5, 5.41) is 14.5. The lowest BCUT2D eigenvalue weighted by molar-refractivity contribution is -0.115. The third-order valence-corrected chi connectivity index (χ3v) is 3.04. The summed E-state index contributed by atoms with van der Waals surface area (Å²) in [6.07, 6.45) is 0.987. The maximum absolute atomic E-state index is 11.9. The highest BCUT2D eigenvalue weighted by Crippen LogP contribution is 2.23. The fourth-order valence-electron chi connectivity index (χ4n) is 1.92. The van der Waals surface area contributed by atoms with Gasteiger partial charge in [0.25, 0.3) is 5.91 Å². The molecule has 0 aromatic heterocycles. The molecule has 0 radical (unpaired) electrons. The summed E-state index contributed by atoms with van der Waals surface area (Å²) in [6.45, 7) is 1.82. The second-order valence-electron chi connectivity index (χ2n) is 4.36. The Labute approximate surface area is 105 Å². The molecular formula is C13H16N2O3. The molecule has 5 nitrogen and oxygen atoms in total. The first-order valence-electron chi connectivity index (χ1n) is 5.98. The molecule has 2 amide bonds. The molecule has 0 saturated carbocycles.